The Morgan fingerprint density at radius 3 is 2.62 bits per heavy atom. The number of nitrogens with zero attached hydrogens (tertiary/aromatic N) is 1. The smallest absolute Gasteiger partial charge is 0.247 e. The Labute approximate surface area is 97.0 Å². The summed E-state index contributed by atoms with van der Waals surface area (Å²) in [6.07, 6.45) is -0.913. The molecule has 5 heteroatoms. The second-order valence-corrected chi connectivity index (χ2v) is 3.98. The zero-order chi connectivity index (χ0) is 12.3. The summed E-state index contributed by atoms with van der Waals surface area (Å²) in [5, 5.41) is -0.347. The van der Waals surface area contributed by atoms with Gasteiger partial charge in [0.1, 0.15) is 0 Å². The summed E-state index contributed by atoms with van der Waals surface area (Å²) < 4.78 is 37.7. The Kier molecular flexibility index (Phi) is 3.97. The molecular weight excluding hydrogens is 239 g/mol. The van der Waals surface area contributed by atoms with Gasteiger partial charge in [0.05, 0.1) is 5.03 Å². The second-order valence-electron chi connectivity index (χ2n) is 3.58. The van der Waals surface area contributed by atoms with Crippen LogP contribution in [0.1, 0.15) is 19.8 Å². The molecule has 0 amide bonds. The summed E-state index contributed by atoms with van der Waals surface area (Å²) in [6.45, 7) is 5.38. The van der Waals surface area contributed by atoms with Gasteiger partial charge in [-0.2, -0.15) is 13.2 Å². The van der Waals surface area contributed by atoms with Gasteiger partial charge in [0, 0.05) is 12.1 Å². The molecule has 1 nitrogen and oxygen atoms in total. The molecule has 0 radical (unpaired) electrons. The molecule has 0 spiro atoms. The van der Waals surface area contributed by atoms with Crippen molar-refractivity contribution in [2.75, 3.05) is 0 Å². The Hall–Kier alpha value is -1.03. The fraction of sp³-hybridized carbons (Fsp3) is 0.364. The molecule has 0 saturated carbocycles. The van der Waals surface area contributed by atoms with Gasteiger partial charge >= 0.3 is 6.18 Å². The van der Waals surface area contributed by atoms with Crippen LogP contribution >= 0.6 is 11.6 Å². The Morgan fingerprint density at radius 1 is 1.50 bits per heavy atom. The number of rotatable bonds is 2. The van der Waals surface area contributed by atoms with Gasteiger partial charge in [-0.25, -0.2) is 4.99 Å². The standard InChI is InChI=1S/C11H11ClF3N/c1-7(2)6-8-4-3-5-9(12)10(16-8)11(13,14)15/h4-5H,1,3,6H2,2H3. The van der Waals surface area contributed by atoms with E-state index in [-0.39, 0.29) is 5.03 Å². The molecule has 0 aromatic heterocycles. The molecule has 1 heterocycles. The lowest BCUT2D eigenvalue weighted by molar-refractivity contribution is -0.0579. The van der Waals surface area contributed by atoms with E-state index >= 15 is 0 Å². The second kappa shape index (κ2) is 4.87. The van der Waals surface area contributed by atoms with Crippen molar-refractivity contribution in [1.29, 1.82) is 0 Å². The van der Waals surface area contributed by atoms with Crippen LogP contribution in [0, 0.1) is 0 Å². The Bertz CT molecular complexity index is 389. The molecule has 0 fully saturated rings. The molecule has 0 aromatic carbocycles. The molecule has 0 N–H and O–H groups in total. The van der Waals surface area contributed by atoms with Crippen LogP contribution in [-0.2, 0) is 0 Å². The predicted molar refractivity (Wildman–Crippen MR) is 59.6 cm³/mol. The van der Waals surface area contributed by atoms with Gasteiger partial charge < -0.3 is 0 Å². The van der Waals surface area contributed by atoms with E-state index in [9.17, 15) is 13.2 Å². The normalized spacial score (nSPS) is 17.2. The highest BCUT2D eigenvalue weighted by atomic mass is 35.5. The molecule has 1 aliphatic heterocycles. The number of halogens is 4. The number of aliphatic imine (C=N–C) groups is 1. The highest BCUT2D eigenvalue weighted by Gasteiger charge is 2.38. The van der Waals surface area contributed by atoms with Crippen molar-refractivity contribution in [1.82, 2.24) is 0 Å². The van der Waals surface area contributed by atoms with Gasteiger partial charge in [-0.3, -0.25) is 0 Å². The van der Waals surface area contributed by atoms with E-state index in [4.69, 9.17) is 11.6 Å². The van der Waals surface area contributed by atoms with Crippen molar-refractivity contribution in [3.8, 4) is 0 Å². The maximum absolute atomic E-state index is 12.6. The molecule has 0 aliphatic carbocycles. The van der Waals surface area contributed by atoms with Crippen LogP contribution in [0.15, 0.2) is 40.0 Å². The van der Waals surface area contributed by atoms with Crippen LogP contribution in [-0.4, -0.2) is 11.9 Å². The topological polar surface area (TPSA) is 12.4 Å². The molecule has 16 heavy (non-hydrogen) atoms. The summed E-state index contributed by atoms with van der Waals surface area (Å²) in [7, 11) is 0. The third kappa shape index (κ3) is 3.52. The maximum atomic E-state index is 12.6. The summed E-state index contributed by atoms with van der Waals surface area (Å²) in [5.41, 5.74) is 0.0837. The highest BCUT2D eigenvalue weighted by molar-refractivity contribution is 6.44. The van der Waals surface area contributed by atoms with Gasteiger partial charge in [0.25, 0.3) is 0 Å². The molecule has 1 rings (SSSR count). The van der Waals surface area contributed by atoms with Crippen molar-refractivity contribution in [2.45, 2.75) is 25.9 Å². The van der Waals surface area contributed by atoms with Crippen molar-refractivity contribution in [2.24, 2.45) is 4.99 Å². The van der Waals surface area contributed by atoms with Gasteiger partial charge in [-0.15, -0.1) is 0 Å². The van der Waals surface area contributed by atoms with Crippen LogP contribution in [0.4, 0.5) is 13.2 Å². The fourth-order valence-corrected chi connectivity index (χ4v) is 1.50. The van der Waals surface area contributed by atoms with Crippen LogP contribution in [0.5, 0.6) is 0 Å². The first-order chi connectivity index (χ1) is 7.30. The summed E-state index contributed by atoms with van der Waals surface area (Å²) >= 11 is 5.53. The fourth-order valence-electron chi connectivity index (χ4n) is 1.26. The summed E-state index contributed by atoms with van der Waals surface area (Å²) in [6, 6.07) is 0. The zero-order valence-electron chi connectivity index (χ0n) is 8.74. The van der Waals surface area contributed by atoms with E-state index in [0.717, 1.165) is 5.57 Å². The summed E-state index contributed by atoms with van der Waals surface area (Å²) in [5.74, 6) is 0. The highest BCUT2D eigenvalue weighted by Crippen LogP contribution is 2.28. The molecule has 0 atom stereocenters. The van der Waals surface area contributed by atoms with Crippen molar-refractivity contribution >= 4 is 17.3 Å². The van der Waals surface area contributed by atoms with Gasteiger partial charge in [-0.05, 0) is 13.3 Å². The Morgan fingerprint density at radius 2 is 2.12 bits per heavy atom. The molecular formula is C11H11ClF3N. The minimum Gasteiger partial charge on any atom is -0.247 e. The number of hydrogen-bond acceptors (Lipinski definition) is 1. The molecule has 0 unspecified atom stereocenters. The van der Waals surface area contributed by atoms with Crippen LogP contribution in [0.3, 0.4) is 0 Å². The van der Waals surface area contributed by atoms with Crippen molar-refractivity contribution in [3.05, 3.63) is 35.0 Å². The van der Waals surface area contributed by atoms with E-state index in [0.29, 0.717) is 18.5 Å². The lowest BCUT2D eigenvalue weighted by Crippen LogP contribution is -2.23. The van der Waals surface area contributed by atoms with Gasteiger partial charge in [0.15, 0.2) is 5.71 Å². The van der Waals surface area contributed by atoms with E-state index in [1.165, 1.54) is 6.08 Å². The van der Waals surface area contributed by atoms with E-state index in [1.54, 1.807) is 13.0 Å². The third-order valence-corrected chi connectivity index (χ3v) is 2.22. The quantitative estimate of drug-likeness (QED) is 0.645. The van der Waals surface area contributed by atoms with E-state index < -0.39 is 11.9 Å². The van der Waals surface area contributed by atoms with E-state index in [1.807, 2.05) is 0 Å². The van der Waals surface area contributed by atoms with Crippen LogP contribution in [0.2, 0.25) is 0 Å². The van der Waals surface area contributed by atoms with E-state index in [2.05, 4.69) is 11.6 Å². The number of allylic oxidation sites excluding steroid dienone is 4. The zero-order valence-corrected chi connectivity index (χ0v) is 9.49. The lowest BCUT2D eigenvalue weighted by Gasteiger charge is -2.09. The molecule has 0 aromatic rings. The largest absolute Gasteiger partial charge is 0.434 e. The lowest BCUT2D eigenvalue weighted by atomic mass is 10.2. The molecule has 88 valence electrons. The first-order valence-electron chi connectivity index (χ1n) is 4.66. The SMILES string of the molecule is C=C(C)CC1=CCC=C(Cl)C(C(F)(F)F)=N1. The Balaban J connectivity index is 3.06. The summed E-state index contributed by atoms with van der Waals surface area (Å²) in [4.78, 5) is 3.56. The van der Waals surface area contributed by atoms with Gasteiger partial charge in [0.2, 0.25) is 0 Å². The van der Waals surface area contributed by atoms with Crippen molar-refractivity contribution < 1.29 is 13.2 Å². The predicted octanol–water partition coefficient (Wildman–Crippen LogP) is 4.37. The van der Waals surface area contributed by atoms with Crippen LogP contribution in [0.25, 0.3) is 0 Å². The average Bonchev–Trinajstić information content (AvgIpc) is 2.26. The third-order valence-electron chi connectivity index (χ3n) is 1.88. The maximum Gasteiger partial charge on any atom is 0.434 e. The van der Waals surface area contributed by atoms with Crippen LogP contribution < -0.4 is 0 Å². The molecule has 1 aliphatic rings. The first kappa shape index (κ1) is 13.0. The van der Waals surface area contributed by atoms with Gasteiger partial charge in [-0.1, -0.05) is 35.9 Å². The minimum absolute atomic E-state index is 0.331. The number of alkyl halides is 3. The number of hydrogen-bond donors (Lipinski definition) is 0. The van der Waals surface area contributed by atoms with Crippen molar-refractivity contribution in [3.63, 3.8) is 0 Å². The molecule has 0 saturated heterocycles. The minimum atomic E-state index is -4.52. The average molecular weight is 250 g/mol. The monoisotopic (exact) mass is 249 g/mol. The first-order valence-corrected chi connectivity index (χ1v) is 5.04. The molecule has 0 bridgehead atoms.